The molecule has 0 aliphatic rings. The molecule has 0 spiro atoms. The molecule has 0 radical (unpaired) electrons. The highest BCUT2D eigenvalue weighted by atomic mass is 16.3. The number of Topliss-reactive ketones (excluding diaryl/α,β-unsaturated/α-hetero) is 2. The Hall–Kier alpha value is -2.16. The number of hydrogen-bond donors (Lipinski definition) is 0. The minimum absolute atomic E-state index is 0.118. The van der Waals surface area contributed by atoms with Gasteiger partial charge in [-0.15, -0.1) is 0 Å². The maximum atomic E-state index is 12.2. The highest BCUT2D eigenvalue weighted by Crippen LogP contribution is 2.17. The van der Waals surface area contributed by atoms with Crippen LogP contribution in [0, 0.1) is 13.8 Å². The van der Waals surface area contributed by atoms with Gasteiger partial charge in [0, 0.05) is 5.56 Å². The Morgan fingerprint density at radius 1 is 1.05 bits per heavy atom. The fraction of sp³-hybridized carbons (Fsp3) is 0.333. The van der Waals surface area contributed by atoms with Crippen LogP contribution >= 0.6 is 0 Å². The number of aryl methyl sites for hydroxylation is 3. The van der Waals surface area contributed by atoms with E-state index in [2.05, 4.69) is 6.92 Å². The molecule has 0 fully saturated rings. The van der Waals surface area contributed by atoms with Crippen molar-refractivity contribution in [3.8, 4) is 0 Å². The molecule has 110 valence electrons. The molecule has 0 aliphatic carbocycles. The maximum Gasteiger partial charge on any atom is 0.174 e. The Bertz CT molecular complexity index is 648. The largest absolute Gasteiger partial charge is 0.466 e. The van der Waals surface area contributed by atoms with Crippen LogP contribution in [0.25, 0.3) is 0 Å². The summed E-state index contributed by atoms with van der Waals surface area (Å²) in [5, 5.41) is 0. The van der Waals surface area contributed by atoms with E-state index in [4.69, 9.17) is 4.42 Å². The first-order chi connectivity index (χ1) is 10.0. The fourth-order valence-corrected chi connectivity index (χ4v) is 2.40. The van der Waals surface area contributed by atoms with Gasteiger partial charge in [-0.2, -0.15) is 0 Å². The second-order valence-electron chi connectivity index (χ2n) is 5.30. The van der Waals surface area contributed by atoms with Crippen molar-refractivity contribution in [1.29, 1.82) is 0 Å². The molecular formula is C18H20O3. The summed E-state index contributed by atoms with van der Waals surface area (Å²) in [4.78, 5) is 24.3. The summed E-state index contributed by atoms with van der Waals surface area (Å²) in [5.41, 5.74) is 2.30. The monoisotopic (exact) mass is 284 g/mol. The minimum atomic E-state index is -0.188. The molecule has 21 heavy (non-hydrogen) atoms. The van der Waals surface area contributed by atoms with Gasteiger partial charge >= 0.3 is 0 Å². The summed E-state index contributed by atoms with van der Waals surface area (Å²) in [6.45, 7) is 5.65. The smallest absolute Gasteiger partial charge is 0.174 e. The third-order valence-electron chi connectivity index (χ3n) is 3.48. The molecule has 0 bridgehead atoms. The summed E-state index contributed by atoms with van der Waals surface area (Å²) in [6, 6.07) is 9.19. The first-order valence-corrected chi connectivity index (χ1v) is 7.23. The lowest BCUT2D eigenvalue weighted by molar-refractivity contribution is 0.0893. The molecule has 0 saturated heterocycles. The van der Waals surface area contributed by atoms with E-state index in [1.165, 1.54) is 5.56 Å². The first-order valence-electron chi connectivity index (χ1n) is 7.23. The zero-order chi connectivity index (χ0) is 15.4. The molecule has 2 rings (SSSR count). The lowest BCUT2D eigenvalue weighted by Gasteiger charge is -2.03. The average molecular weight is 284 g/mol. The summed E-state index contributed by atoms with van der Waals surface area (Å²) >= 11 is 0. The molecule has 0 aliphatic heterocycles. The summed E-state index contributed by atoms with van der Waals surface area (Å²) < 4.78 is 5.33. The van der Waals surface area contributed by atoms with Gasteiger partial charge in [-0.3, -0.25) is 9.59 Å². The number of rotatable bonds is 6. The molecule has 1 aromatic heterocycles. The van der Waals surface area contributed by atoms with Crippen molar-refractivity contribution in [3.63, 3.8) is 0 Å². The van der Waals surface area contributed by atoms with Crippen LogP contribution in [0.15, 0.2) is 34.7 Å². The number of benzene rings is 1. The van der Waals surface area contributed by atoms with Gasteiger partial charge in [0.05, 0.1) is 12.0 Å². The topological polar surface area (TPSA) is 47.3 Å². The van der Waals surface area contributed by atoms with Gasteiger partial charge in [-0.25, -0.2) is 0 Å². The molecule has 2 aromatic rings. The van der Waals surface area contributed by atoms with Crippen molar-refractivity contribution in [1.82, 2.24) is 0 Å². The van der Waals surface area contributed by atoms with Crippen LogP contribution < -0.4 is 0 Å². The predicted octanol–water partition coefficient (Wildman–Crippen LogP) is 4.30. The van der Waals surface area contributed by atoms with Gasteiger partial charge in [0.15, 0.2) is 11.6 Å². The molecule has 3 nitrogen and oxygen atoms in total. The summed E-state index contributed by atoms with van der Waals surface area (Å²) in [5.74, 6) is 0.920. The third kappa shape index (κ3) is 3.69. The first kappa shape index (κ1) is 15.2. The van der Waals surface area contributed by atoms with Crippen LogP contribution in [0.3, 0.4) is 0 Å². The number of ketones is 2. The lowest BCUT2D eigenvalue weighted by atomic mass is 10.00. The van der Waals surface area contributed by atoms with Crippen LogP contribution in [-0.2, 0) is 6.42 Å². The standard InChI is InChI=1S/C18H20O3/c1-4-5-14-6-8-15(9-7-14)17(19)11-18(20)16-10-12(2)21-13(16)3/h6-10H,4-5,11H2,1-3H3. The van der Waals surface area contributed by atoms with Crippen LogP contribution in [0.4, 0.5) is 0 Å². The Morgan fingerprint density at radius 3 is 2.24 bits per heavy atom. The quantitative estimate of drug-likeness (QED) is 0.586. The zero-order valence-electron chi connectivity index (χ0n) is 12.7. The van der Waals surface area contributed by atoms with E-state index in [9.17, 15) is 9.59 Å². The van der Waals surface area contributed by atoms with E-state index < -0.39 is 0 Å². The highest BCUT2D eigenvalue weighted by Gasteiger charge is 2.18. The molecule has 1 heterocycles. The Labute approximate surface area is 125 Å². The maximum absolute atomic E-state index is 12.2. The zero-order valence-corrected chi connectivity index (χ0v) is 12.7. The Balaban J connectivity index is 2.07. The predicted molar refractivity (Wildman–Crippen MR) is 81.9 cm³/mol. The highest BCUT2D eigenvalue weighted by molar-refractivity contribution is 6.13. The molecule has 3 heteroatoms. The summed E-state index contributed by atoms with van der Waals surface area (Å²) in [6.07, 6.45) is 1.96. The molecule has 0 N–H and O–H groups in total. The van der Waals surface area contributed by atoms with Crippen LogP contribution in [-0.4, -0.2) is 11.6 Å². The van der Waals surface area contributed by atoms with Crippen molar-refractivity contribution in [2.24, 2.45) is 0 Å². The van der Waals surface area contributed by atoms with Gasteiger partial charge < -0.3 is 4.42 Å². The van der Waals surface area contributed by atoms with Crippen molar-refractivity contribution in [2.75, 3.05) is 0 Å². The van der Waals surface area contributed by atoms with Crippen LogP contribution in [0.2, 0.25) is 0 Å². The SMILES string of the molecule is CCCc1ccc(C(=O)CC(=O)c2cc(C)oc2C)cc1. The van der Waals surface area contributed by atoms with Crippen molar-refractivity contribution in [2.45, 2.75) is 40.0 Å². The van der Waals surface area contributed by atoms with Crippen LogP contribution in [0.1, 0.15) is 57.6 Å². The average Bonchev–Trinajstić information content (AvgIpc) is 2.79. The second-order valence-corrected chi connectivity index (χ2v) is 5.30. The van der Waals surface area contributed by atoms with Crippen LogP contribution in [0.5, 0.6) is 0 Å². The molecule has 0 amide bonds. The molecule has 0 unspecified atom stereocenters. The van der Waals surface area contributed by atoms with Gasteiger partial charge in [-0.1, -0.05) is 37.6 Å². The minimum Gasteiger partial charge on any atom is -0.466 e. The Morgan fingerprint density at radius 2 is 1.71 bits per heavy atom. The lowest BCUT2D eigenvalue weighted by Crippen LogP contribution is -2.09. The van der Waals surface area contributed by atoms with E-state index >= 15 is 0 Å². The second kappa shape index (κ2) is 6.53. The summed E-state index contributed by atoms with van der Waals surface area (Å²) in [7, 11) is 0. The number of furan rings is 1. The van der Waals surface area contributed by atoms with Gasteiger partial charge in [-0.05, 0) is 31.9 Å². The van der Waals surface area contributed by atoms with E-state index in [0.29, 0.717) is 22.6 Å². The van der Waals surface area contributed by atoms with Gasteiger partial charge in [0.1, 0.15) is 11.5 Å². The fourth-order valence-electron chi connectivity index (χ4n) is 2.40. The van der Waals surface area contributed by atoms with Gasteiger partial charge in [0.2, 0.25) is 0 Å². The van der Waals surface area contributed by atoms with Crippen molar-refractivity contribution in [3.05, 3.63) is 58.5 Å². The molecule has 0 atom stereocenters. The van der Waals surface area contributed by atoms with E-state index in [1.807, 2.05) is 12.1 Å². The van der Waals surface area contributed by atoms with E-state index in [0.717, 1.165) is 12.8 Å². The van der Waals surface area contributed by atoms with Crippen molar-refractivity contribution < 1.29 is 14.0 Å². The number of carbonyl (C=O) groups excluding carboxylic acids is 2. The Kier molecular flexibility index (Phi) is 4.73. The number of hydrogen-bond acceptors (Lipinski definition) is 3. The molecular weight excluding hydrogens is 264 g/mol. The van der Waals surface area contributed by atoms with Crippen molar-refractivity contribution >= 4 is 11.6 Å². The number of carbonyl (C=O) groups is 2. The van der Waals surface area contributed by atoms with Gasteiger partial charge in [0.25, 0.3) is 0 Å². The molecule has 1 aromatic carbocycles. The third-order valence-corrected chi connectivity index (χ3v) is 3.48. The normalized spacial score (nSPS) is 10.6. The van der Waals surface area contributed by atoms with E-state index in [-0.39, 0.29) is 18.0 Å². The van der Waals surface area contributed by atoms with E-state index in [1.54, 1.807) is 32.0 Å². The molecule has 0 saturated carbocycles.